The summed E-state index contributed by atoms with van der Waals surface area (Å²) >= 11 is 0. The van der Waals surface area contributed by atoms with Crippen molar-refractivity contribution in [2.75, 3.05) is 12.4 Å². The first-order valence-electron chi connectivity index (χ1n) is 7.05. The Kier molecular flexibility index (Phi) is 6.05. The Bertz CT molecular complexity index is 529. The minimum absolute atomic E-state index is 0.415. The first kappa shape index (κ1) is 17.6. The average Bonchev–Trinajstić information content (AvgIpc) is 2.43. The lowest BCUT2D eigenvalue weighted by Gasteiger charge is -2.24. The van der Waals surface area contributed by atoms with E-state index in [1.165, 1.54) is 0 Å². The van der Waals surface area contributed by atoms with Crippen molar-refractivity contribution in [1.29, 1.82) is 5.26 Å². The normalized spacial score (nSPS) is 13.5. The number of anilines is 1. The molecule has 6 heteroatoms. The Morgan fingerprint density at radius 3 is 2.32 bits per heavy atom. The van der Waals surface area contributed by atoms with Crippen molar-refractivity contribution >= 4 is 11.8 Å². The fourth-order valence-electron chi connectivity index (χ4n) is 1.71. The molecule has 120 valence electrons. The summed E-state index contributed by atoms with van der Waals surface area (Å²) in [5.41, 5.74) is 0.195. The summed E-state index contributed by atoms with van der Waals surface area (Å²) in [6.45, 7) is 7.10. The molecule has 1 aromatic carbocycles. The van der Waals surface area contributed by atoms with E-state index < -0.39 is 23.8 Å². The van der Waals surface area contributed by atoms with Crippen molar-refractivity contribution in [3.8, 4) is 11.8 Å². The second kappa shape index (κ2) is 7.55. The van der Waals surface area contributed by atoms with Crippen LogP contribution in [-0.4, -0.2) is 30.9 Å². The summed E-state index contributed by atoms with van der Waals surface area (Å²) < 4.78 is 10.3. The van der Waals surface area contributed by atoms with Crippen LogP contribution in [0.4, 0.5) is 10.5 Å². The van der Waals surface area contributed by atoms with Crippen molar-refractivity contribution in [3.05, 3.63) is 24.3 Å². The molecule has 1 amide bonds. The lowest BCUT2D eigenvalue weighted by atomic mass is 10.1. The molecule has 0 bridgehead atoms. The fraction of sp³-hybridized carbons (Fsp3) is 0.500. The summed E-state index contributed by atoms with van der Waals surface area (Å²) in [5, 5.41) is 15.0. The van der Waals surface area contributed by atoms with Crippen LogP contribution in [0.3, 0.4) is 0 Å². The van der Waals surface area contributed by atoms with Crippen LogP contribution in [0.15, 0.2) is 24.3 Å². The summed E-state index contributed by atoms with van der Waals surface area (Å²) in [4.78, 5) is 11.7. The van der Waals surface area contributed by atoms with Crippen molar-refractivity contribution in [1.82, 2.24) is 5.32 Å². The topological polar surface area (TPSA) is 83.4 Å². The predicted octanol–water partition coefficient (Wildman–Crippen LogP) is 2.91. The van der Waals surface area contributed by atoms with Gasteiger partial charge in [0.2, 0.25) is 0 Å². The van der Waals surface area contributed by atoms with E-state index in [1.54, 1.807) is 46.9 Å². The van der Waals surface area contributed by atoms with E-state index in [1.807, 2.05) is 12.1 Å². The molecular formula is C16H23N3O3. The molecule has 0 aliphatic carbocycles. The predicted molar refractivity (Wildman–Crippen MR) is 84.8 cm³/mol. The Morgan fingerprint density at radius 1 is 1.27 bits per heavy atom. The third-order valence-corrected chi connectivity index (χ3v) is 2.80. The number of nitrogens with one attached hydrogen (secondary N) is 2. The number of nitrogens with zero attached hydrogens (tertiary/aromatic N) is 1. The molecule has 2 atom stereocenters. The number of carbonyl (C=O) groups is 1. The summed E-state index contributed by atoms with van der Waals surface area (Å²) in [6.07, 6.45) is -0.545. The largest absolute Gasteiger partial charge is 0.497 e. The SMILES string of the molecule is COc1ccc(NC(C#N)C(C)NC(=O)OC(C)(C)C)cc1. The number of rotatable bonds is 5. The number of hydrogen-bond acceptors (Lipinski definition) is 5. The summed E-state index contributed by atoms with van der Waals surface area (Å²) in [7, 11) is 1.59. The van der Waals surface area contributed by atoms with Gasteiger partial charge in [0.25, 0.3) is 0 Å². The Morgan fingerprint density at radius 2 is 1.86 bits per heavy atom. The first-order valence-corrected chi connectivity index (χ1v) is 7.05. The third-order valence-electron chi connectivity index (χ3n) is 2.80. The zero-order valence-electron chi connectivity index (χ0n) is 13.6. The number of amides is 1. The van der Waals surface area contributed by atoms with E-state index in [9.17, 15) is 10.1 Å². The maximum atomic E-state index is 11.7. The molecule has 0 spiro atoms. The number of methoxy groups -OCH3 is 1. The van der Waals surface area contributed by atoms with Crippen LogP contribution < -0.4 is 15.4 Å². The smallest absolute Gasteiger partial charge is 0.407 e. The number of hydrogen-bond donors (Lipinski definition) is 2. The van der Waals surface area contributed by atoms with Gasteiger partial charge in [-0.05, 0) is 52.0 Å². The van der Waals surface area contributed by atoms with Crippen molar-refractivity contribution in [2.24, 2.45) is 0 Å². The van der Waals surface area contributed by atoms with E-state index in [0.717, 1.165) is 11.4 Å². The van der Waals surface area contributed by atoms with Crippen LogP contribution in [-0.2, 0) is 4.74 Å². The summed E-state index contributed by atoms with van der Waals surface area (Å²) in [5.74, 6) is 0.735. The monoisotopic (exact) mass is 305 g/mol. The molecule has 0 saturated heterocycles. The highest BCUT2D eigenvalue weighted by Gasteiger charge is 2.22. The van der Waals surface area contributed by atoms with E-state index in [0.29, 0.717) is 0 Å². The van der Waals surface area contributed by atoms with Gasteiger partial charge in [-0.15, -0.1) is 0 Å². The molecule has 22 heavy (non-hydrogen) atoms. The molecule has 6 nitrogen and oxygen atoms in total. The van der Waals surface area contributed by atoms with Gasteiger partial charge in [-0.1, -0.05) is 0 Å². The molecule has 2 unspecified atom stereocenters. The van der Waals surface area contributed by atoms with Gasteiger partial charge in [-0.3, -0.25) is 0 Å². The van der Waals surface area contributed by atoms with Gasteiger partial charge in [0.05, 0.1) is 19.2 Å². The van der Waals surface area contributed by atoms with E-state index in [2.05, 4.69) is 16.7 Å². The molecule has 0 fully saturated rings. The van der Waals surface area contributed by atoms with Crippen LogP contribution >= 0.6 is 0 Å². The zero-order valence-corrected chi connectivity index (χ0v) is 13.6. The molecule has 0 aliphatic heterocycles. The molecule has 1 aromatic rings. The van der Waals surface area contributed by atoms with Gasteiger partial charge < -0.3 is 20.1 Å². The van der Waals surface area contributed by atoms with Gasteiger partial charge in [0.15, 0.2) is 0 Å². The lowest BCUT2D eigenvalue weighted by Crippen LogP contribution is -2.46. The molecule has 2 N–H and O–H groups in total. The second-order valence-electron chi connectivity index (χ2n) is 5.91. The summed E-state index contributed by atoms with van der Waals surface area (Å²) in [6, 6.07) is 8.34. The highest BCUT2D eigenvalue weighted by Crippen LogP contribution is 2.16. The van der Waals surface area contributed by atoms with Crippen molar-refractivity contribution in [2.45, 2.75) is 45.4 Å². The lowest BCUT2D eigenvalue weighted by molar-refractivity contribution is 0.0507. The third kappa shape index (κ3) is 5.92. The van der Waals surface area contributed by atoms with E-state index >= 15 is 0 Å². The van der Waals surface area contributed by atoms with E-state index in [4.69, 9.17) is 9.47 Å². The zero-order chi connectivity index (χ0) is 16.8. The van der Waals surface area contributed by atoms with Crippen LogP contribution in [0.25, 0.3) is 0 Å². The average molecular weight is 305 g/mol. The number of benzene rings is 1. The molecule has 0 saturated carbocycles. The molecule has 0 heterocycles. The Hall–Kier alpha value is -2.42. The quantitative estimate of drug-likeness (QED) is 0.874. The van der Waals surface area contributed by atoms with Crippen LogP contribution in [0.1, 0.15) is 27.7 Å². The van der Waals surface area contributed by atoms with Crippen LogP contribution in [0, 0.1) is 11.3 Å². The highest BCUT2D eigenvalue weighted by atomic mass is 16.6. The molecule has 1 rings (SSSR count). The van der Waals surface area contributed by atoms with Gasteiger partial charge in [-0.2, -0.15) is 5.26 Å². The fourth-order valence-corrected chi connectivity index (χ4v) is 1.71. The van der Waals surface area contributed by atoms with Gasteiger partial charge in [0, 0.05) is 5.69 Å². The van der Waals surface area contributed by atoms with Crippen molar-refractivity contribution < 1.29 is 14.3 Å². The Labute approximate surface area is 131 Å². The number of alkyl carbamates (subject to hydrolysis) is 1. The number of carbonyl (C=O) groups excluding carboxylic acids is 1. The number of ether oxygens (including phenoxy) is 2. The standard InChI is InChI=1S/C16H23N3O3/c1-11(18-15(20)22-16(2,3)4)14(10-17)19-12-6-8-13(21-5)9-7-12/h6-9,11,14,19H,1-5H3,(H,18,20). The Balaban J connectivity index is 2.62. The number of nitriles is 1. The van der Waals surface area contributed by atoms with Gasteiger partial charge in [-0.25, -0.2) is 4.79 Å². The van der Waals surface area contributed by atoms with E-state index in [-0.39, 0.29) is 0 Å². The van der Waals surface area contributed by atoms with Crippen LogP contribution in [0.5, 0.6) is 5.75 Å². The molecule has 0 aliphatic rings. The first-order chi connectivity index (χ1) is 10.2. The minimum Gasteiger partial charge on any atom is -0.497 e. The molecule has 0 aromatic heterocycles. The molecular weight excluding hydrogens is 282 g/mol. The van der Waals surface area contributed by atoms with Crippen molar-refractivity contribution in [3.63, 3.8) is 0 Å². The van der Waals surface area contributed by atoms with Gasteiger partial charge >= 0.3 is 6.09 Å². The maximum absolute atomic E-state index is 11.7. The second-order valence-corrected chi connectivity index (χ2v) is 5.91. The minimum atomic E-state index is -0.582. The highest BCUT2D eigenvalue weighted by molar-refractivity contribution is 5.68. The van der Waals surface area contributed by atoms with Crippen LogP contribution in [0.2, 0.25) is 0 Å². The van der Waals surface area contributed by atoms with Gasteiger partial charge in [0.1, 0.15) is 17.4 Å². The molecule has 0 radical (unpaired) electrons. The maximum Gasteiger partial charge on any atom is 0.407 e.